The van der Waals surface area contributed by atoms with Gasteiger partial charge < -0.3 is 14.4 Å². The van der Waals surface area contributed by atoms with E-state index >= 15 is 0 Å². The lowest BCUT2D eigenvalue weighted by Gasteiger charge is -2.22. The van der Waals surface area contributed by atoms with Crippen LogP contribution in [0.1, 0.15) is 48.9 Å². The summed E-state index contributed by atoms with van der Waals surface area (Å²) >= 11 is 0. The molecule has 2 aliphatic rings. The summed E-state index contributed by atoms with van der Waals surface area (Å²) in [5.41, 5.74) is 0.683. The van der Waals surface area contributed by atoms with Crippen molar-refractivity contribution in [2.75, 3.05) is 26.3 Å². The third-order valence-electron chi connectivity index (χ3n) is 4.46. The molecule has 1 atom stereocenters. The van der Waals surface area contributed by atoms with Gasteiger partial charge in [-0.25, -0.2) is 0 Å². The molecule has 120 valence electrons. The summed E-state index contributed by atoms with van der Waals surface area (Å²) in [6.07, 6.45) is 6.96. The molecule has 2 fully saturated rings. The second-order valence-electron chi connectivity index (χ2n) is 6.15. The lowest BCUT2D eigenvalue weighted by Crippen LogP contribution is -2.32. The fourth-order valence-corrected chi connectivity index (χ4v) is 3.17. The highest BCUT2D eigenvalue weighted by molar-refractivity contribution is 5.96. The fourth-order valence-electron chi connectivity index (χ4n) is 3.17. The van der Waals surface area contributed by atoms with E-state index in [9.17, 15) is 4.79 Å². The number of amides is 1. The molecular formula is C18H25NO3. The van der Waals surface area contributed by atoms with Crippen LogP contribution in [0.3, 0.4) is 0 Å². The van der Waals surface area contributed by atoms with E-state index < -0.39 is 0 Å². The summed E-state index contributed by atoms with van der Waals surface area (Å²) in [4.78, 5) is 14.8. The second-order valence-corrected chi connectivity index (χ2v) is 6.15. The number of carbonyl (C=O) groups is 1. The quantitative estimate of drug-likeness (QED) is 0.857. The molecule has 4 heteroatoms. The van der Waals surface area contributed by atoms with Crippen LogP contribution in [0.15, 0.2) is 24.3 Å². The van der Waals surface area contributed by atoms with Crippen LogP contribution in [-0.2, 0) is 4.74 Å². The van der Waals surface area contributed by atoms with Gasteiger partial charge in [0.2, 0.25) is 0 Å². The van der Waals surface area contributed by atoms with Crippen LogP contribution in [0.5, 0.6) is 5.75 Å². The van der Waals surface area contributed by atoms with Crippen LogP contribution in [0.2, 0.25) is 0 Å². The molecule has 2 saturated heterocycles. The number of ether oxygens (including phenoxy) is 2. The number of hydrogen-bond donors (Lipinski definition) is 0. The van der Waals surface area contributed by atoms with Crippen LogP contribution in [0.25, 0.3) is 0 Å². The van der Waals surface area contributed by atoms with Crippen molar-refractivity contribution in [3.05, 3.63) is 29.8 Å². The largest absolute Gasteiger partial charge is 0.490 e. The van der Waals surface area contributed by atoms with Gasteiger partial charge in [-0.05, 0) is 37.8 Å². The number of carbonyl (C=O) groups excluding carboxylic acids is 1. The Hall–Kier alpha value is -1.55. The minimum absolute atomic E-state index is 0.102. The van der Waals surface area contributed by atoms with Gasteiger partial charge in [-0.1, -0.05) is 25.0 Å². The predicted molar refractivity (Wildman–Crippen MR) is 85.3 cm³/mol. The average Bonchev–Trinajstić information content (AvgIpc) is 2.93. The van der Waals surface area contributed by atoms with Gasteiger partial charge in [0, 0.05) is 19.7 Å². The first-order valence-corrected chi connectivity index (χ1v) is 8.47. The topological polar surface area (TPSA) is 38.8 Å². The Morgan fingerprint density at radius 3 is 2.64 bits per heavy atom. The van der Waals surface area contributed by atoms with Crippen LogP contribution in [-0.4, -0.2) is 43.2 Å². The zero-order valence-corrected chi connectivity index (χ0v) is 13.1. The van der Waals surface area contributed by atoms with Crippen molar-refractivity contribution in [2.24, 2.45) is 0 Å². The average molecular weight is 303 g/mol. The van der Waals surface area contributed by atoms with E-state index in [1.807, 2.05) is 29.2 Å². The van der Waals surface area contributed by atoms with Crippen molar-refractivity contribution in [3.8, 4) is 5.75 Å². The number of hydrogen-bond acceptors (Lipinski definition) is 3. The Morgan fingerprint density at radius 2 is 1.91 bits per heavy atom. The molecular weight excluding hydrogens is 278 g/mol. The molecule has 0 aromatic heterocycles. The molecule has 0 radical (unpaired) electrons. The monoisotopic (exact) mass is 303 g/mol. The Kier molecular flexibility index (Phi) is 5.33. The molecule has 0 spiro atoms. The highest BCUT2D eigenvalue weighted by Crippen LogP contribution is 2.23. The van der Waals surface area contributed by atoms with Crippen molar-refractivity contribution < 1.29 is 14.3 Å². The number of nitrogens with zero attached hydrogens (tertiary/aromatic N) is 1. The first-order valence-electron chi connectivity index (χ1n) is 8.47. The molecule has 1 unspecified atom stereocenters. The van der Waals surface area contributed by atoms with E-state index in [-0.39, 0.29) is 12.0 Å². The maximum Gasteiger partial charge on any atom is 0.257 e. The van der Waals surface area contributed by atoms with Crippen molar-refractivity contribution >= 4 is 5.91 Å². The van der Waals surface area contributed by atoms with Gasteiger partial charge in [-0.15, -0.1) is 0 Å². The smallest absolute Gasteiger partial charge is 0.257 e. The SMILES string of the molecule is O=C(c1ccccc1OCC1CCCO1)N1CCCCCC1. The van der Waals surface area contributed by atoms with E-state index in [0.717, 1.165) is 45.4 Å². The molecule has 22 heavy (non-hydrogen) atoms. The van der Waals surface area contributed by atoms with Crippen molar-refractivity contribution in [2.45, 2.75) is 44.6 Å². The van der Waals surface area contributed by atoms with E-state index in [0.29, 0.717) is 17.9 Å². The normalized spacial score (nSPS) is 22.4. The standard InChI is InChI=1S/C18H25NO3/c20-18(19-11-5-1-2-6-12-19)16-9-3-4-10-17(16)22-14-15-8-7-13-21-15/h3-4,9-10,15H,1-2,5-8,11-14H2. The molecule has 1 aromatic carbocycles. The van der Waals surface area contributed by atoms with Crippen molar-refractivity contribution in [1.82, 2.24) is 4.90 Å². The molecule has 0 bridgehead atoms. The summed E-state index contributed by atoms with van der Waals surface area (Å²) in [5.74, 6) is 0.789. The third-order valence-corrected chi connectivity index (χ3v) is 4.46. The minimum Gasteiger partial charge on any atom is -0.490 e. The van der Waals surface area contributed by atoms with E-state index in [1.54, 1.807) is 0 Å². The Morgan fingerprint density at radius 1 is 1.14 bits per heavy atom. The maximum absolute atomic E-state index is 12.8. The molecule has 2 aliphatic heterocycles. The number of para-hydroxylation sites is 1. The fraction of sp³-hybridized carbons (Fsp3) is 0.611. The lowest BCUT2D eigenvalue weighted by atomic mass is 10.1. The molecule has 0 aliphatic carbocycles. The van der Waals surface area contributed by atoms with E-state index in [4.69, 9.17) is 9.47 Å². The van der Waals surface area contributed by atoms with Crippen molar-refractivity contribution in [1.29, 1.82) is 0 Å². The molecule has 2 heterocycles. The molecule has 1 aromatic rings. The van der Waals surface area contributed by atoms with E-state index in [1.165, 1.54) is 12.8 Å². The first kappa shape index (κ1) is 15.3. The highest BCUT2D eigenvalue weighted by atomic mass is 16.5. The Labute approximate surface area is 132 Å². The van der Waals surface area contributed by atoms with E-state index in [2.05, 4.69) is 0 Å². The summed E-state index contributed by atoms with van der Waals surface area (Å²) in [6.45, 7) is 3.07. The van der Waals surface area contributed by atoms with Gasteiger partial charge in [0.05, 0.1) is 11.7 Å². The van der Waals surface area contributed by atoms with Crippen LogP contribution >= 0.6 is 0 Å². The molecule has 0 saturated carbocycles. The van der Waals surface area contributed by atoms with Crippen LogP contribution < -0.4 is 4.74 Å². The zero-order chi connectivity index (χ0) is 15.2. The maximum atomic E-state index is 12.8. The predicted octanol–water partition coefficient (Wildman–Crippen LogP) is 3.26. The molecule has 3 rings (SSSR count). The van der Waals surface area contributed by atoms with Crippen molar-refractivity contribution in [3.63, 3.8) is 0 Å². The summed E-state index contributed by atoms with van der Waals surface area (Å²) < 4.78 is 11.5. The number of rotatable bonds is 4. The number of benzene rings is 1. The van der Waals surface area contributed by atoms with Gasteiger partial charge in [0.1, 0.15) is 12.4 Å². The van der Waals surface area contributed by atoms with Gasteiger partial charge in [-0.3, -0.25) is 4.79 Å². The highest BCUT2D eigenvalue weighted by Gasteiger charge is 2.22. The Bertz CT molecular complexity index is 489. The van der Waals surface area contributed by atoms with Gasteiger partial charge in [0.15, 0.2) is 0 Å². The van der Waals surface area contributed by atoms with Crippen LogP contribution in [0, 0.1) is 0 Å². The zero-order valence-electron chi connectivity index (χ0n) is 13.1. The van der Waals surface area contributed by atoms with Gasteiger partial charge in [-0.2, -0.15) is 0 Å². The minimum atomic E-state index is 0.102. The van der Waals surface area contributed by atoms with Gasteiger partial charge in [0.25, 0.3) is 5.91 Å². The van der Waals surface area contributed by atoms with Crippen LogP contribution in [0.4, 0.5) is 0 Å². The summed E-state index contributed by atoms with van der Waals surface area (Å²) in [6, 6.07) is 7.59. The molecule has 4 nitrogen and oxygen atoms in total. The Balaban J connectivity index is 1.67. The summed E-state index contributed by atoms with van der Waals surface area (Å²) in [7, 11) is 0. The van der Waals surface area contributed by atoms with Gasteiger partial charge >= 0.3 is 0 Å². The molecule has 0 N–H and O–H groups in total. The second kappa shape index (κ2) is 7.63. The summed E-state index contributed by atoms with van der Waals surface area (Å²) in [5, 5.41) is 0. The third kappa shape index (κ3) is 3.80. The lowest BCUT2D eigenvalue weighted by molar-refractivity contribution is 0.0652. The molecule has 1 amide bonds. The number of likely N-dealkylation sites (tertiary alicyclic amines) is 1. The first-order chi connectivity index (χ1) is 10.8.